The second kappa shape index (κ2) is 5.00. The molecule has 0 saturated carbocycles. The van der Waals surface area contributed by atoms with Crippen molar-refractivity contribution in [2.45, 2.75) is 12.8 Å². The highest BCUT2D eigenvalue weighted by Gasteiger charge is 2.10. The SMILES string of the molecule is O=C(CCCCl)c1sccc1Br. The fourth-order valence-electron chi connectivity index (χ4n) is 0.834. The zero-order valence-electron chi connectivity index (χ0n) is 6.35. The van der Waals surface area contributed by atoms with Crippen LogP contribution in [0.5, 0.6) is 0 Å². The van der Waals surface area contributed by atoms with E-state index in [9.17, 15) is 4.79 Å². The lowest BCUT2D eigenvalue weighted by molar-refractivity contribution is 0.0985. The average molecular weight is 268 g/mol. The topological polar surface area (TPSA) is 17.1 Å². The van der Waals surface area contributed by atoms with Gasteiger partial charge in [0.05, 0.1) is 4.88 Å². The Labute approximate surface area is 88.9 Å². The van der Waals surface area contributed by atoms with Gasteiger partial charge in [-0.2, -0.15) is 0 Å². The standard InChI is InChI=1S/C8H8BrClOS/c9-6-3-5-12-8(6)7(11)2-1-4-10/h3,5H,1-2,4H2. The summed E-state index contributed by atoms with van der Waals surface area (Å²) in [5.41, 5.74) is 0. The normalized spacial score (nSPS) is 10.2. The van der Waals surface area contributed by atoms with E-state index in [2.05, 4.69) is 15.9 Å². The Hall–Kier alpha value is 0.140. The molecule has 0 radical (unpaired) electrons. The van der Waals surface area contributed by atoms with Gasteiger partial charge in [-0.3, -0.25) is 4.79 Å². The van der Waals surface area contributed by atoms with Gasteiger partial charge < -0.3 is 0 Å². The largest absolute Gasteiger partial charge is 0.293 e. The summed E-state index contributed by atoms with van der Waals surface area (Å²) >= 11 is 10.3. The van der Waals surface area contributed by atoms with E-state index in [4.69, 9.17) is 11.6 Å². The lowest BCUT2D eigenvalue weighted by Crippen LogP contribution is -1.96. The van der Waals surface area contributed by atoms with Crippen LogP contribution in [0.4, 0.5) is 0 Å². The molecule has 1 rings (SSSR count). The second-order valence-corrected chi connectivity index (χ2v) is 4.46. The number of Topliss-reactive ketones (excluding diaryl/α,β-unsaturated/α-hetero) is 1. The molecule has 0 aliphatic heterocycles. The Kier molecular flexibility index (Phi) is 4.26. The van der Waals surface area contributed by atoms with Crippen molar-refractivity contribution in [3.63, 3.8) is 0 Å². The third-order valence-electron chi connectivity index (χ3n) is 1.41. The number of carbonyl (C=O) groups excluding carboxylic acids is 1. The second-order valence-electron chi connectivity index (χ2n) is 2.31. The van der Waals surface area contributed by atoms with Crippen LogP contribution in [0.2, 0.25) is 0 Å². The number of hydrogen-bond donors (Lipinski definition) is 0. The van der Waals surface area contributed by atoms with Gasteiger partial charge in [0.2, 0.25) is 0 Å². The number of rotatable bonds is 4. The molecule has 1 heterocycles. The zero-order valence-corrected chi connectivity index (χ0v) is 9.51. The van der Waals surface area contributed by atoms with Crippen LogP contribution < -0.4 is 0 Å². The number of hydrogen-bond acceptors (Lipinski definition) is 2. The summed E-state index contributed by atoms with van der Waals surface area (Å²) in [5, 5.41) is 1.90. The van der Waals surface area contributed by atoms with Crippen LogP contribution >= 0.6 is 38.9 Å². The fraction of sp³-hybridized carbons (Fsp3) is 0.375. The maximum absolute atomic E-state index is 11.4. The van der Waals surface area contributed by atoms with E-state index in [0.29, 0.717) is 12.3 Å². The van der Waals surface area contributed by atoms with Gasteiger partial charge in [0.25, 0.3) is 0 Å². The smallest absolute Gasteiger partial charge is 0.173 e. The van der Waals surface area contributed by atoms with Crippen molar-refractivity contribution in [3.8, 4) is 0 Å². The Morgan fingerprint density at radius 2 is 2.42 bits per heavy atom. The van der Waals surface area contributed by atoms with Gasteiger partial charge in [0.15, 0.2) is 5.78 Å². The summed E-state index contributed by atoms with van der Waals surface area (Å²) in [6, 6.07) is 1.89. The van der Waals surface area contributed by atoms with E-state index in [1.807, 2.05) is 11.4 Å². The minimum atomic E-state index is 0.178. The first kappa shape index (κ1) is 10.2. The lowest BCUT2D eigenvalue weighted by Gasteiger charge is -1.95. The van der Waals surface area contributed by atoms with Crippen molar-refractivity contribution in [2.75, 3.05) is 5.88 Å². The van der Waals surface area contributed by atoms with Crippen LogP contribution in [-0.4, -0.2) is 11.7 Å². The third-order valence-corrected chi connectivity index (χ3v) is 3.55. The number of halogens is 2. The Balaban J connectivity index is 2.59. The van der Waals surface area contributed by atoms with Crippen LogP contribution in [-0.2, 0) is 0 Å². The van der Waals surface area contributed by atoms with Crippen molar-refractivity contribution in [2.24, 2.45) is 0 Å². The average Bonchev–Trinajstić information content (AvgIpc) is 2.47. The molecule has 0 amide bonds. The maximum Gasteiger partial charge on any atom is 0.173 e. The molecule has 0 aromatic carbocycles. The molecule has 0 fully saturated rings. The van der Waals surface area contributed by atoms with E-state index in [1.165, 1.54) is 11.3 Å². The van der Waals surface area contributed by atoms with Crippen molar-refractivity contribution in [3.05, 3.63) is 20.8 Å². The molecule has 1 aromatic rings. The molecule has 0 aliphatic carbocycles. The molecular formula is C8H8BrClOS. The van der Waals surface area contributed by atoms with E-state index in [-0.39, 0.29) is 5.78 Å². The van der Waals surface area contributed by atoms with Crippen LogP contribution in [0.3, 0.4) is 0 Å². The summed E-state index contributed by atoms with van der Waals surface area (Å²) < 4.78 is 0.895. The maximum atomic E-state index is 11.4. The zero-order chi connectivity index (χ0) is 8.97. The van der Waals surface area contributed by atoms with E-state index < -0.39 is 0 Å². The van der Waals surface area contributed by atoms with E-state index >= 15 is 0 Å². The number of carbonyl (C=O) groups is 1. The van der Waals surface area contributed by atoms with E-state index in [0.717, 1.165) is 15.8 Å². The highest BCUT2D eigenvalue weighted by atomic mass is 79.9. The highest BCUT2D eigenvalue weighted by molar-refractivity contribution is 9.10. The molecule has 0 unspecified atom stereocenters. The first-order valence-electron chi connectivity index (χ1n) is 3.58. The molecule has 0 spiro atoms. The van der Waals surface area contributed by atoms with Crippen LogP contribution in [0.25, 0.3) is 0 Å². The van der Waals surface area contributed by atoms with Crippen molar-refractivity contribution >= 4 is 44.7 Å². The summed E-state index contributed by atoms with van der Waals surface area (Å²) in [6.45, 7) is 0. The minimum absolute atomic E-state index is 0.178. The van der Waals surface area contributed by atoms with Crippen LogP contribution in [0.15, 0.2) is 15.9 Å². The summed E-state index contributed by atoms with van der Waals surface area (Å²) in [7, 11) is 0. The van der Waals surface area contributed by atoms with Gasteiger partial charge in [0.1, 0.15) is 0 Å². The van der Waals surface area contributed by atoms with Gasteiger partial charge in [-0.25, -0.2) is 0 Å². The van der Waals surface area contributed by atoms with Crippen molar-refractivity contribution < 1.29 is 4.79 Å². The lowest BCUT2D eigenvalue weighted by atomic mass is 10.2. The third kappa shape index (κ3) is 2.57. The number of ketones is 1. The highest BCUT2D eigenvalue weighted by Crippen LogP contribution is 2.24. The molecule has 0 N–H and O–H groups in total. The van der Waals surface area contributed by atoms with E-state index in [1.54, 1.807) is 0 Å². The van der Waals surface area contributed by atoms with Gasteiger partial charge in [-0.1, -0.05) is 0 Å². The van der Waals surface area contributed by atoms with Gasteiger partial charge in [0, 0.05) is 16.8 Å². The van der Waals surface area contributed by atoms with Gasteiger partial charge in [-0.15, -0.1) is 22.9 Å². The molecular weight excluding hydrogens is 260 g/mol. The predicted molar refractivity (Wildman–Crippen MR) is 56.3 cm³/mol. The Morgan fingerprint density at radius 1 is 1.67 bits per heavy atom. The summed E-state index contributed by atoms with van der Waals surface area (Å²) in [5.74, 6) is 0.729. The number of alkyl halides is 1. The molecule has 1 aromatic heterocycles. The van der Waals surface area contributed by atoms with Crippen molar-refractivity contribution in [1.29, 1.82) is 0 Å². The molecule has 0 saturated heterocycles. The molecule has 0 aliphatic rings. The first-order chi connectivity index (χ1) is 5.75. The minimum Gasteiger partial charge on any atom is -0.293 e. The monoisotopic (exact) mass is 266 g/mol. The molecule has 12 heavy (non-hydrogen) atoms. The van der Waals surface area contributed by atoms with Crippen LogP contribution in [0, 0.1) is 0 Å². The van der Waals surface area contributed by atoms with Crippen molar-refractivity contribution in [1.82, 2.24) is 0 Å². The number of thiophene rings is 1. The Morgan fingerprint density at radius 3 is 2.92 bits per heavy atom. The summed E-state index contributed by atoms with van der Waals surface area (Å²) in [4.78, 5) is 12.2. The fourth-order valence-corrected chi connectivity index (χ4v) is 2.53. The summed E-state index contributed by atoms with van der Waals surface area (Å²) in [6.07, 6.45) is 1.30. The van der Waals surface area contributed by atoms with Crippen LogP contribution in [0.1, 0.15) is 22.5 Å². The van der Waals surface area contributed by atoms with Gasteiger partial charge >= 0.3 is 0 Å². The molecule has 0 bridgehead atoms. The molecule has 0 atom stereocenters. The predicted octanol–water partition coefficient (Wildman–Crippen LogP) is 3.71. The first-order valence-corrected chi connectivity index (χ1v) is 5.78. The molecule has 1 nitrogen and oxygen atoms in total. The Bertz CT molecular complexity index is 272. The molecule has 66 valence electrons. The molecule has 4 heteroatoms. The van der Waals surface area contributed by atoms with Gasteiger partial charge in [-0.05, 0) is 33.8 Å². The quantitative estimate of drug-likeness (QED) is 0.600.